The van der Waals surface area contributed by atoms with E-state index in [-0.39, 0.29) is 0 Å². The summed E-state index contributed by atoms with van der Waals surface area (Å²) in [6.07, 6.45) is 6.83. The average molecular weight is 399 g/mol. The highest BCUT2D eigenvalue weighted by atomic mass is 32.1. The van der Waals surface area contributed by atoms with Gasteiger partial charge in [-0.25, -0.2) is 9.97 Å². The Bertz CT molecular complexity index is 1360. The van der Waals surface area contributed by atoms with Gasteiger partial charge in [0.2, 0.25) is 0 Å². The summed E-state index contributed by atoms with van der Waals surface area (Å²) in [7, 11) is 0. The van der Waals surface area contributed by atoms with Gasteiger partial charge < -0.3 is 10.3 Å². The van der Waals surface area contributed by atoms with E-state index >= 15 is 0 Å². The Hall–Kier alpha value is -3.36. The molecule has 0 saturated carbocycles. The van der Waals surface area contributed by atoms with Gasteiger partial charge in [-0.1, -0.05) is 6.08 Å². The molecule has 0 unspecified atom stereocenters. The summed E-state index contributed by atoms with van der Waals surface area (Å²) >= 11 is 1.68. The highest BCUT2D eigenvalue weighted by Crippen LogP contribution is 2.32. The minimum absolute atomic E-state index is 0.690. The van der Waals surface area contributed by atoms with Crippen molar-refractivity contribution in [2.75, 3.05) is 13.1 Å². The van der Waals surface area contributed by atoms with Crippen LogP contribution in [0.4, 0.5) is 0 Å². The average Bonchev–Trinajstić information content (AvgIpc) is 3.52. The topological polar surface area (TPSA) is 95.2 Å². The maximum absolute atomic E-state index is 4.73. The Balaban J connectivity index is 1.50. The summed E-state index contributed by atoms with van der Waals surface area (Å²) in [5, 5.41) is 16.2. The molecule has 0 spiro atoms. The number of fused-ring (bicyclic) bond motifs is 2. The normalized spacial score (nSPS) is 14.6. The predicted octanol–water partition coefficient (Wildman–Crippen LogP) is 4.00. The molecule has 6 rings (SSSR count). The summed E-state index contributed by atoms with van der Waals surface area (Å²) in [5.41, 5.74) is 7.81. The number of hydrogen-bond donors (Lipinski definition) is 3. The van der Waals surface area contributed by atoms with Crippen LogP contribution in [-0.4, -0.2) is 43.2 Å². The quantitative estimate of drug-likeness (QED) is 0.426. The van der Waals surface area contributed by atoms with Gasteiger partial charge in [0.1, 0.15) is 5.69 Å². The molecule has 0 saturated heterocycles. The number of thiophene rings is 1. The van der Waals surface area contributed by atoms with Crippen LogP contribution in [0.1, 0.15) is 12.1 Å². The molecule has 0 fully saturated rings. The van der Waals surface area contributed by atoms with Gasteiger partial charge in [0.25, 0.3) is 0 Å². The zero-order chi connectivity index (χ0) is 19.2. The van der Waals surface area contributed by atoms with Crippen molar-refractivity contribution in [1.82, 2.24) is 35.5 Å². The number of hydrogen-bond acceptors (Lipinski definition) is 6. The Morgan fingerprint density at radius 1 is 1.14 bits per heavy atom. The van der Waals surface area contributed by atoms with Crippen LogP contribution >= 0.6 is 11.3 Å². The van der Waals surface area contributed by atoms with Crippen molar-refractivity contribution < 1.29 is 0 Å². The SMILES string of the molecule is C1=C(c2cc3c(-c4nc5nccc(-c6ccsc6)c5[nH]4)n[nH]c3cn2)CCNC1. The predicted molar refractivity (Wildman–Crippen MR) is 116 cm³/mol. The van der Waals surface area contributed by atoms with Gasteiger partial charge in [0, 0.05) is 23.7 Å². The molecule has 1 aliphatic heterocycles. The molecule has 0 atom stereocenters. The van der Waals surface area contributed by atoms with Gasteiger partial charge in [-0.3, -0.25) is 10.1 Å². The van der Waals surface area contributed by atoms with Crippen LogP contribution in [-0.2, 0) is 0 Å². The number of nitrogens with zero attached hydrogens (tertiary/aromatic N) is 4. The lowest BCUT2D eigenvalue weighted by Crippen LogP contribution is -2.20. The molecule has 6 heterocycles. The van der Waals surface area contributed by atoms with Crippen molar-refractivity contribution in [2.24, 2.45) is 0 Å². The third kappa shape index (κ3) is 2.76. The van der Waals surface area contributed by atoms with E-state index in [1.54, 1.807) is 17.5 Å². The fourth-order valence-electron chi connectivity index (χ4n) is 3.81. The molecule has 142 valence electrons. The lowest BCUT2D eigenvalue weighted by Gasteiger charge is -2.13. The molecule has 3 N–H and O–H groups in total. The molecule has 0 amide bonds. The summed E-state index contributed by atoms with van der Waals surface area (Å²) in [4.78, 5) is 17.2. The zero-order valence-electron chi connectivity index (χ0n) is 15.4. The van der Waals surface area contributed by atoms with Gasteiger partial charge in [0.05, 0.1) is 22.9 Å². The maximum atomic E-state index is 4.73. The Labute approximate surface area is 169 Å². The molecule has 29 heavy (non-hydrogen) atoms. The molecule has 5 aromatic rings. The van der Waals surface area contributed by atoms with Crippen LogP contribution in [0.15, 0.2) is 47.4 Å². The van der Waals surface area contributed by atoms with Crippen LogP contribution in [0.3, 0.4) is 0 Å². The van der Waals surface area contributed by atoms with E-state index in [0.717, 1.165) is 58.4 Å². The molecule has 8 heteroatoms. The highest BCUT2D eigenvalue weighted by molar-refractivity contribution is 7.08. The lowest BCUT2D eigenvalue weighted by atomic mass is 10.0. The fraction of sp³-hybridized carbons (Fsp3) is 0.143. The molecule has 7 nitrogen and oxygen atoms in total. The molecule has 0 aromatic carbocycles. The van der Waals surface area contributed by atoms with Crippen molar-refractivity contribution in [1.29, 1.82) is 0 Å². The van der Waals surface area contributed by atoms with E-state index in [9.17, 15) is 0 Å². The van der Waals surface area contributed by atoms with Gasteiger partial charge in [0.15, 0.2) is 11.5 Å². The molecule has 0 radical (unpaired) electrons. The van der Waals surface area contributed by atoms with Crippen LogP contribution in [0, 0.1) is 0 Å². The summed E-state index contributed by atoms with van der Waals surface area (Å²) < 4.78 is 0. The molecular formula is C21H17N7S. The van der Waals surface area contributed by atoms with Gasteiger partial charge >= 0.3 is 0 Å². The van der Waals surface area contributed by atoms with E-state index in [4.69, 9.17) is 4.98 Å². The second kappa shape index (κ2) is 6.61. The minimum atomic E-state index is 0.690. The minimum Gasteiger partial charge on any atom is -0.335 e. The molecule has 5 aromatic heterocycles. The zero-order valence-corrected chi connectivity index (χ0v) is 16.3. The third-order valence-electron chi connectivity index (χ3n) is 5.29. The van der Waals surface area contributed by atoms with E-state index in [2.05, 4.69) is 59.4 Å². The highest BCUT2D eigenvalue weighted by Gasteiger charge is 2.17. The van der Waals surface area contributed by atoms with Gasteiger partial charge in [-0.15, -0.1) is 0 Å². The largest absolute Gasteiger partial charge is 0.335 e. The van der Waals surface area contributed by atoms with Crippen molar-refractivity contribution in [3.8, 4) is 22.6 Å². The monoisotopic (exact) mass is 399 g/mol. The molecule has 0 aliphatic carbocycles. The number of pyridine rings is 2. The molecular weight excluding hydrogens is 382 g/mol. The number of imidazole rings is 1. The first-order valence-electron chi connectivity index (χ1n) is 9.49. The Kier molecular flexibility index (Phi) is 3.78. The number of aromatic amines is 2. The lowest BCUT2D eigenvalue weighted by molar-refractivity contribution is 0.737. The van der Waals surface area contributed by atoms with E-state index in [1.807, 2.05) is 12.3 Å². The first kappa shape index (κ1) is 16.6. The van der Waals surface area contributed by atoms with E-state index < -0.39 is 0 Å². The number of nitrogens with one attached hydrogen (secondary N) is 3. The van der Waals surface area contributed by atoms with Crippen molar-refractivity contribution in [2.45, 2.75) is 6.42 Å². The molecule has 0 bridgehead atoms. The van der Waals surface area contributed by atoms with Crippen LogP contribution in [0.25, 0.3) is 50.3 Å². The van der Waals surface area contributed by atoms with Crippen LogP contribution in [0.2, 0.25) is 0 Å². The van der Waals surface area contributed by atoms with Crippen LogP contribution in [0.5, 0.6) is 0 Å². The third-order valence-corrected chi connectivity index (χ3v) is 5.97. The first-order valence-corrected chi connectivity index (χ1v) is 10.4. The van der Waals surface area contributed by atoms with Crippen LogP contribution < -0.4 is 5.32 Å². The number of H-pyrrole nitrogens is 2. The fourth-order valence-corrected chi connectivity index (χ4v) is 4.47. The van der Waals surface area contributed by atoms with Crippen molar-refractivity contribution in [3.05, 3.63) is 53.1 Å². The van der Waals surface area contributed by atoms with Crippen molar-refractivity contribution >= 4 is 39.0 Å². The number of aromatic nitrogens is 6. The maximum Gasteiger partial charge on any atom is 0.178 e. The Morgan fingerprint density at radius 2 is 2.14 bits per heavy atom. The van der Waals surface area contributed by atoms with E-state index in [0.29, 0.717) is 11.5 Å². The number of rotatable bonds is 3. The summed E-state index contributed by atoms with van der Waals surface area (Å²) in [6, 6.07) is 6.22. The molecule has 1 aliphatic rings. The van der Waals surface area contributed by atoms with E-state index in [1.165, 1.54) is 5.57 Å². The first-order chi connectivity index (χ1) is 14.4. The second-order valence-corrected chi connectivity index (χ2v) is 7.81. The van der Waals surface area contributed by atoms with Gasteiger partial charge in [-0.2, -0.15) is 16.4 Å². The van der Waals surface area contributed by atoms with Gasteiger partial charge in [-0.05, 0) is 53.1 Å². The Morgan fingerprint density at radius 3 is 3.00 bits per heavy atom. The van der Waals surface area contributed by atoms with Crippen molar-refractivity contribution in [3.63, 3.8) is 0 Å². The standard InChI is InChI=1S/C21H17N7S/c1-5-22-6-2-12(1)16-9-15-17(10-24-16)27-28-19(15)21-25-18-14(13-4-8-29-11-13)3-7-23-20(18)26-21/h1,3-4,7-11,22H,2,5-6H2,(H,27,28)(H,23,25,26). The summed E-state index contributed by atoms with van der Waals surface area (Å²) in [6.45, 7) is 1.86. The second-order valence-electron chi connectivity index (χ2n) is 7.03. The smallest absolute Gasteiger partial charge is 0.178 e. The summed E-state index contributed by atoms with van der Waals surface area (Å²) in [5.74, 6) is 0.706.